The highest BCUT2D eigenvalue weighted by atomic mass is 19.1. The van der Waals surface area contributed by atoms with Crippen molar-refractivity contribution in [1.29, 1.82) is 0 Å². The summed E-state index contributed by atoms with van der Waals surface area (Å²) in [5.41, 5.74) is -1.97. The largest absolute Gasteiger partial charge is 0.308 e. The summed E-state index contributed by atoms with van der Waals surface area (Å²) < 4.78 is 26.9. The number of nitro benzene ring substituents is 1. The molecule has 0 spiro atoms. The normalized spacial score (nSPS) is 10.1. The van der Waals surface area contributed by atoms with Gasteiger partial charge in [-0.05, 0) is 6.07 Å². The predicted octanol–water partition coefficient (Wildman–Crippen LogP) is 1.31. The topological polar surface area (TPSA) is 111 Å². The highest BCUT2D eigenvalue weighted by Crippen LogP contribution is 2.22. The average molecular weight is 281 g/mol. The lowest BCUT2D eigenvalue weighted by molar-refractivity contribution is -0.387. The van der Waals surface area contributed by atoms with Crippen molar-refractivity contribution in [3.8, 4) is 0 Å². The molecule has 0 aliphatic carbocycles. The van der Waals surface area contributed by atoms with Crippen LogP contribution in [0.3, 0.4) is 0 Å². The minimum Gasteiger partial charge on any atom is -0.289 e. The number of nitrogens with zero attached hydrogens (tertiary/aromatic N) is 4. The predicted molar refractivity (Wildman–Crippen MR) is 60.8 cm³/mol. The van der Waals surface area contributed by atoms with Gasteiger partial charge >= 0.3 is 5.69 Å². The Morgan fingerprint density at radius 2 is 2.05 bits per heavy atom. The quantitative estimate of drug-likeness (QED) is 0.670. The first-order valence-corrected chi connectivity index (χ1v) is 5.07. The molecule has 102 valence electrons. The van der Waals surface area contributed by atoms with Gasteiger partial charge in [0, 0.05) is 0 Å². The van der Waals surface area contributed by atoms with E-state index in [1.54, 1.807) is 0 Å². The zero-order valence-corrected chi connectivity index (χ0v) is 9.58. The molecule has 0 unspecified atom stereocenters. The maximum absolute atomic E-state index is 13.7. The zero-order chi connectivity index (χ0) is 14.7. The molecule has 0 radical (unpaired) electrons. The van der Waals surface area contributed by atoms with Crippen molar-refractivity contribution in [3.63, 3.8) is 0 Å². The van der Waals surface area contributed by atoms with Gasteiger partial charge in [-0.25, -0.2) is 9.37 Å². The molecule has 0 saturated heterocycles. The van der Waals surface area contributed by atoms with Crippen molar-refractivity contribution in [1.82, 2.24) is 15.2 Å². The van der Waals surface area contributed by atoms with Crippen molar-refractivity contribution in [3.05, 3.63) is 51.8 Å². The Bertz CT molecular complexity index is 680. The van der Waals surface area contributed by atoms with E-state index in [0.717, 1.165) is 0 Å². The fraction of sp³-hybridized carbons (Fsp3) is 0. The first-order valence-electron chi connectivity index (χ1n) is 5.07. The molecule has 1 amide bonds. The molecule has 1 heterocycles. The molecule has 0 atom stereocenters. The highest BCUT2D eigenvalue weighted by Gasteiger charge is 2.24. The van der Waals surface area contributed by atoms with Crippen LogP contribution in [0.4, 0.5) is 20.4 Å². The molecule has 2 rings (SSSR count). The van der Waals surface area contributed by atoms with Gasteiger partial charge in [-0.2, -0.15) is 9.49 Å². The van der Waals surface area contributed by atoms with Gasteiger partial charge in [0.1, 0.15) is 5.82 Å². The van der Waals surface area contributed by atoms with E-state index < -0.39 is 33.7 Å². The lowest BCUT2D eigenvalue weighted by Gasteiger charge is -2.04. The number of benzene rings is 1. The number of anilines is 1. The van der Waals surface area contributed by atoms with Gasteiger partial charge in [-0.15, -0.1) is 5.10 Å². The van der Waals surface area contributed by atoms with Crippen LogP contribution in [-0.2, 0) is 0 Å². The highest BCUT2D eigenvalue weighted by molar-refractivity contribution is 6.03. The van der Waals surface area contributed by atoms with E-state index >= 15 is 0 Å². The van der Waals surface area contributed by atoms with Crippen LogP contribution in [0, 0.1) is 21.7 Å². The fourth-order valence-corrected chi connectivity index (χ4v) is 1.35. The molecular weight excluding hydrogens is 276 g/mol. The van der Waals surface area contributed by atoms with Crippen LogP contribution in [0.15, 0.2) is 24.5 Å². The summed E-state index contributed by atoms with van der Waals surface area (Å²) in [4.78, 5) is 24.7. The SMILES string of the molecule is O=C(Nc1nccnn1)c1cc(F)cc([N+](=O)[O-])c1F. The standard InChI is InChI=1S/C10H5F2N5O3/c11-5-3-6(8(12)7(4-5)17(19)20)9(18)15-10-13-1-2-14-16-10/h1-4H,(H,13,15,16,18). The fourth-order valence-electron chi connectivity index (χ4n) is 1.35. The van der Waals surface area contributed by atoms with Gasteiger partial charge in [0.25, 0.3) is 5.91 Å². The number of amides is 1. The number of carbonyl (C=O) groups is 1. The molecule has 0 saturated carbocycles. The Morgan fingerprint density at radius 3 is 2.65 bits per heavy atom. The van der Waals surface area contributed by atoms with Crippen molar-refractivity contribution in [2.45, 2.75) is 0 Å². The molecule has 8 nitrogen and oxygen atoms in total. The molecule has 10 heteroatoms. The third-order valence-corrected chi connectivity index (χ3v) is 2.17. The summed E-state index contributed by atoms with van der Waals surface area (Å²) in [7, 11) is 0. The van der Waals surface area contributed by atoms with E-state index in [-0.39, 0.29) is 5.95 Å². The van der Waals surface area contributed by atoms with Gasteiger partial charge in [0.2, 0.25) is 11.8 Å². The smallest absolute Gasteiger partial charge is 0.289 e. The molecule has 0 aliphatic heterocycles. The minimum atomic E-state index is -1.45. The van der Waals surface area contributed by atoms with E-state index in [9.17, 15) is 23.7 Å². The molecule has 0 fully saturated rings. The summed E-state index contributed by atoms with van der Waals surface area (Å²) in [5.74, 6) is -3.94. The second-order valence-corrected chi connectivity index (χ2v) is 3.46. The first kappa shape index (κ1) is 13.4. The molecule has 0 aliphatic rings. The zero-order valence-electron chi connectivity index (χ0n) is 9.58. The van der Waals surface area contributed by atoms with E-state index in [2.05, 4.69) is 15.2 Å². The third kappa shape index (κ3) is 2.68. The molecule has 1 N–H and O–H groups in total. The minimum absolute atomic E-state index is 0.246. The first-order chi connectivity index (χ1) is 9.49. The summed E-state index contributed by atoms with van der Waals surface area (Å²) >= 11 is 0. The van der Waals surface area contributed by atoms with E-state index in [1.807, 2.05) is 5.32 Å². The number of rotatable bonds is 3. The van der Waals surface area contributed by atoms with Gasteiger partial charge in [-0.1, -0.05) is 0 Å². The van der Waals surface area contributed by atoms with Crippen molar-refractivity contribution in [2.75, 3.05) is 5.32 Å². The third-order valence-electron chi connectivity index (χ3n) is 2.17. The Morgan fingerprint density at radius 1 is 1.30 bits per heavy atom. The van der Waals surface area contributed by atoms with Crippen LogP contribution >= 0.6 is 0 Å². The van der Waals surface area contributed by atoms with Crippen LogP contribution in [-0.4, -0.2) is 26.0 Å². The average Bonchev–Trinajstić information content (AvgIpc) is 2.41. The molecule has 20 heavy (non-hydrogen) atoms. The Labute approximate surface area is 109 Å². The lowest BCUT2D eigenvalue weighted by Crippen LogP contribution is -2.17. The summed E-state index contributed by atoms with van der Waals surface area (Å²) in [6.07, 6.45) is 2.45. The summed E-state index contributed by atoms with van der Waals surface area (Å²) in [6.45, 7) is 0. The van der Waals surface area contributed by atoms with Gasteiger partial charge in [0.15, 0.2) is 0 Å². The maximum atomic E-state index is 13.7. The maximum Gasteiger partial charge on any atom is 0.308 e. The lowest BCUT2D eigenvalue weighted by atomic mass is 10.1. The van der Waals surface area contributed by atoms with Gasteiger partial charge < -0.3 is 0 Å². The van der Waals surface area contributed by atoms with Crippen LogP contribution in [0.2, 0.25) is 0 Å². The Balaban J connectivity index is 2.37. The van der Waals surface area contributed by atoms with E-state index in [1.165, 1.54) is 12.4 Å². The molecule has 2 aromatic rings. The summed E-state index contributed by atoms with van der Waals surface area (Å²) in [6, 6.07) is 0.917. The van der Waals surface area contributed by atoms with Gasteiger partial charge in [0.05, 0.1) is 28.9 Å². The summed E-state index contributed by atoms with van der Waals surface area (Å²) in [5, 5.41) is 19.4. The number of nitrogens with one attached hydrogen (secondary N) is 1. The van der Waals surface area contributed by atoms with Crippen molar-refractivity contribution >= 4 is 17.5 Å². The monoisotopic (exact) mass is 281 g/mol. The second-order valence-electron chi connectivity index (χ2n) is 3.46. The number of hydrogen-bond donors (Lipinski definition) is 1. The molecular formula is C10H5F2N5O3. The Kier molecular flexibility index (Phi) is 3.55. The molecule has 1 aromatic carbocycles. The number of carbonyl (C=O) groups excluding carboxylic acids is 1. The number of nitro groups is 1. The van der Waals surface area contributed by atoms with Crippen LogP contribution in [0.5, 0.6) is 0 Å². The van der Waals surface area contributed by atoms with E-state index in [0.29, 0.717) is 12.1 Å². The number of aromatic nitrogens is 3. The van der Waals surface area contributed by atoms with Crippen LogP contribution in [0.25, 0.3) is 0 Å². The molecule has 0 bridgehead atoms. The van der Waals surface area contributed by atoms with Crippen molar-refractivity contribution < 1.29 is 18.5 Å². The Hall–Kier alpha value is -3.04. The van der Waals surface area contributed by atoms with Crippen LogP contribution < -0.4 is 5.32 Å². The second kappa shape index (κ2) is 5.30. The van der Waals surface area contributed by atoms with Gasteiger partial charge in [-0.3, -0.25) is 20.2 Å². The molecule has 1 aromatic heterocycles. The number of hydrogen-bond acceptors (Lipinski definition) is 6. The number of halogens is 2. The van der Waals surface area contributed by atoms with Crippen LogP contribution in [0.1, 0.15) is 10.4 Å². The van der Waals surface area contributed by atoms with Crippen molar-refractivity contribution in [2.24, 2.45) is 0 Å². The van der Waals surface area contributed by atoms with E-state index in [4.69, 9.17) is 0 Å².